The smallest absolute Gasteiger partial charge is 0.292 e. The molecule has 0 spiro atoms. The first kappa shape index (κ1) is 15.2. The standard InChI is InChI=1S/C15H23N5O/c1-4-19-14(13(16)15(21)20(19)5-2)17-9-8-12-7-6-10-18(3)11-12/h6-7,10-11H,4-5,8-9,16H2,1-3H3/p+1. The summed E-state index contributed by atoms with van der Waals surface area (Å²) >= 11 is 0. The van der Waals surface area contributed by atoms with E-state index in [1.165, 1.54) is 5.56 Å². The number of aryl methyl sites for hydroxylation is 1. The Hall–Kier alpha value is -2.24. The Labute approximate surface area is 124 Å². The lowest BCUT2D eigenvalue weighted by Gasteiger charge is -2.12. The highest BCUT2D eigenvalue weighted by molar-refractivity contribution is 5.61. The minimum absolute atomic E-state index is 0.118. The van der Waals surface area contributed by atoms with E-state index >= 15 is 0 Å². The molecule has 0 saturated heterocycles. The number of nitrogens with zero attached hydrogens (tertiary/aromatic N) is 3. The molecule has 6 nitrogen and oxygen atoms in total. The maximum absolute atomic E-state index is 12.1. The molecular weight excluding hydrogens is 266 g/mol. The van der Waals surface area contributed by atoms with Crippen molar-refractivity contribution in [1.82, 2.24) is 9.36 Å². The molecule has 6 heteroatoms. The second kappa shape index (κ2) is 6.47. The quantitative estimate of drug-likeness (QED) is 0.771. The fourth-order valence-corrected chi connectivity index (χ4v) is 2.56. The third kappa shape index (κ3) is 3.09. The van der Waals surface area contributed by atoms with Crippen molar-refractivity contribution >= 4 is 11.5 Å². The van der Waals surface area contributed by atoms with Gasteiger partial charge in [-0.2, -0.15) is 0 Å². The molecule has 0 saturated carbocycles. The molecule has 0 bridgehead atoms. The van der Waals surface area contributed by atoms with Gasteiger partial charge in [0, 0.05) is 31.3 Å². The summed E-state index contributed by atoms with van der Waals surface area (Å²) in [5, 5.41) is 3.30. The Bertz CT molecular complexity index is 671. The Morgan fingerprint density at radius 3 is 2.62 bits per heavy atom. The van der Waals surface area contributed by atoms with Crippen LogP contribution in [0, 0.1) is 0 Å². The molecule has 0 fully saturated rings. The van der Waals surface area contributed by atoms with E-state index in [1.54, 1.807) is 4.68 Å². The van der Waals surface area contributed by atoms with Crippen LogP contribution in [-0.4, -0.2) is 15.9 Å². The van der Waals surface area contributed by atoms with Gasteiger partial charge in [0.1, 0.15) is 18.6 Å². The zero-order valence-electron chi connectivity index (χ0n) is 13.0. The second-order valence-electron chi connectivity index (χ2n) is 5.05. The molecule has 0 aliphatic carbocycles. The lowest BCUT2D eigenvalue weighted by Crippen LogP contribution is -2.27. The number of nitrogens with one attached hydrogen (secondary N) is 1. The maximum Gasteiger partial charge on any atom is 0.292 e. The molecule has 0 radical (unpaired) electrons. The highest BCUT2D eigenvalue weighted by atomic mass is 16.1. The highest BCUT2D eigenvalue weighted by Gasteiger charge is 2.15. The van der Waals surface area contributed by atoms with Gasteiger partial charge < -0.3 is 11.1 Å². The summed E-state index contributed by atoms with van der Waals surface area (Å²) < 4.78 is 5.60. The van der Waals surface area contributed by atoms with Crippen molar-refractivity contribution in [2.24, 2.45) is 7.05 Å². The van der Waals surface area contributed by atoms with Gasteiger partial charge in [0.05, 0.1) is 0 Å². The number of hydrogen-bond donors (Lipinski definition) is 2. The van der Waals surface area contributed by atoms with Gasteiger partial charge in [-0.3, -0.25) is 9.48 Å². The summed E-state index contributed by atoms with van der Waals surface area (Å²) in [5.41, 5.74) is 7.37. The predicted molar refractivity (Wildman–Crippen MR) is 84.3 cm³/mol. The van der Waals surface area contributed by atoms with Crippen LogP contribution in [0.15, 0.2) is 29.3 Å². The topological polar surface area (TPSA) is 68.9 Å². The Balaban J connectivity index is 2.12. The third-order valence-electron chi connectivity index (χ3n) is 3.58. The molecule has 114 valence electrons. The Morgan fingerprint density at radius 2 is 2.00 bits per heavy atom. The van der Waals surface area contributed by atoms with Gasteiger partial charge in [-0.25, -0.2) is 9.25 Å². The van der Waals surface area contributed by atoms with E-state index in [9.17, 15) is 4.79 Å². The van der Waals surface area contributed by atoms with E-state index in [1.807, 2.05) is 42.4 Å². The van der Waals surface area contributed by atoms with Crippen molar-refractivity contribution < 1.29 is 4.57 Å². The van der Waals surface area contributed by atoms with Crippen LogP contribution in [0.3, 0.4) is 0 Å². The molecular formula is C15H24N5O+. The highest BCUT2D eigenvalue weighted by Crippen LogP contribution is 2.15. The van der Waals surface area contributed by atoms with Crippen molar-refractivity contribution in [2.75, 3.05) is 17.6 Å². The first-order valence-corrected chi connectivity index (χ1v) is 7.35. The predicted octanol–water partition coefficient (Wildman–Crippen LogP) is 0.751. The lowest BCUT2D eigenvalue weighted by molar-refractivity contribution is -0.671. The molecule has 21 heavy (non-hydrogen) atoms. The number of anilines is 2. The van der Waals surface area contributed by atoms with Crippen LogP contribution < -0.4 is 21.2 Å². The van der Waals surface area contributed by atoms with Crippen LogP contribution in [0.1, 0.15) is 19.4 Å². The Kier molecular flexibility index (Phi) is 4.67. The van der Waals surface area contributed by atoms with E-state index in [4.69, 9.17) is 5.73 Å². The van der Waals surface area contributed by atoms with Crippen LogP contribution in [-0.2, 0) is 26.6 Å². The normalized spacial score (nSPS) is 10.8. The number of aromatic nitrogens is 3. The van der Waals surface area contributed by atoms with Gasteiger partial charge in [0.25, 0.3) is 5.56 Å². The molecule has 0 unspecified atom stereocenters. The summed E-state index contributed by atoms with van der Waals surface area (Å²) in [7, 11) is 2.00. The molecule has 2 aromatic heterocycles. The monoisotopic (exact) mass is 290 g/mol. The van der Waals surface area contributed by atoms with Gasteiger partial charge in [0.2, 0.25) is 0 Å². The molecule has 2 rings (SSSR count). The van der Waals surface area contributed by atoms with Crippen molar-refractivity contribution in [3.63, 3.8) is 0 Å². The van der Waals surface area contributed by atoms with Crippen molar-refractivity contribution in [3.8, 4) is 0 Å². The Morgan fingerprint density at radius 1 is 1.29 bits per heavy atom. The van der Waals surface area contributed by atoms with Gasteiger partial charge in [-0.05, 0) is 26.3 Å². The van der Waals surface area contributed by atoms with E-state index in [0.717, 1.165) is 18.8 Å². The molecule has 3 N–H and O–H groups in total. The van der Waals surface area contributed by atoms with Crippen LogP contribution in [0.4, 0.5) is 11.5 Å². The van der Waals surface area contributed by atoms with E-state index < -0.39 is 0 Å². The number of hydrogen-bond acceptors (Lipinski definition) is 3. The molecule has 2 heterocycles. The van der Waals surface area contributed by atoms with Crippen LogP contribution in [0.25, 0.3) is 0 Å². The largest absolute Gasteiger partial charge is 0.391 e. The van der Waals surface area contributed by atoms with Crippen LogP contribution in [0.2, 0.25) is 0 Å². The maximum atomic E-state index is 12.1. The molecule has 0 aliphatic heterocycles. The number of rotatable bonds is 6. The van der Waals surface area contributed by atoms with Crippen LogP contribution >= 0.6 is 0 Å². The van der Waals surface area contributed by atoms with Gasteiger partial charge in [-0.1, -0.05) is 0 Å². The van der Waals surface area contributed by atoms with E-state index in [-0.39, 0.29) is 5.56 Å². The van der Waals surface area contributed by atoms with Gasteiger partial charge >= 0.3 is 0 Å². The molecule has 0 aromatic carbocycles. The van der Waals surface area contributed by atoms with E-state index in [0.29, 0.717) is 18.8 Å². The molecule has 0 aliphatic rings. The molecule has 0 amide bonds. The van der Waals surface area contributed by atoms with E-state index in [2.05, 4.69) is 17.6 Å². The van der Waals surface area contributed by atoms with Crippen molar-refractivity contribution in [2.45, 2.75) is 33.4 Å². The summed E-state index contributed by atoms with van der Waals surface area (Å²) in [6.45, 7) is 6.02. The minimum Gasteiger partial charge on any atom is -0.391 e. The number of nitrogen functional groups attached to an aromatic ring is 1. The van der Waals surface area contributed by atoms with Gasteiger partial charge in [0.15, 0.2) is 12.4 Å². The molecule has 2 aromatic rings. The SMILES string of the molecule is CCn1c(NCCc2ccc[n+](C)c2)c(N)c(=O)n1CC. The number of nitrogens with two attached hydrogens (primary N) is 1. The fraction of sp³-hybridized carbons (Fsp3) is 0.467. The summed E-state index contributed by atoms with van der Waals surface area (Å²) in [6, 6.07) is 4.12. The average molecular weight is 290 g/mol. The third-order valence-corrected chi connectivity index (χ3v) is 3.58. The zero-order chi connectivity index (χ0) is 15.4. The summed E-state index contributed by atoms with van der Waals surface area (Å²) in [6.07, 6.45) is 4.98. The number of pyridine rings is 1. The fourth-order valence-electron chi connectivity index (χ4n) is 2.56. The zero-order valence-corrected chi connectivity index (χ0v) is 13.0. The minimum atomic E-state index is -0.118. The summed E-state index contributed by atoms with van der Waals surface area (Å²) in [5.74, 6) is 0.727. The average Bonchev–Trinajstić information content (AvgIpc) is 2.71. The first-order valence-electron chi connectivity index (χ1n) is 7.35. The molecule has 0 atom stereocenters. The lowest BCUT2D eigenvalue weighted by atomic mass is 10.2. The van der Waals surface area contributed by atoms with Crippen LogP contribution in [0.5, 0.6) is 0 Å². The van der Waals surface area contributed by atoms with Crippen molar-refractivity contribution in [3.05, 3.63) is 40.4 Å². The first-order chi connectivity index (χ1) is 10.1. The van der Waals surface area contributed by atoms with Gasteiger partial charge in [-0.15, -0.1) is 0 Å². The second-order valence-corrected chi connectivity index (χ2v) is 5.05. The summed E-state index contributed by atoms with van der Waals surface area (Å²) in [4.78, 5) is 12.1. The van der Waals surface area contributed by atoms with Crippen molar-refractivity contribution in [1.29, 1.82) is 0 Å².